The summed E-state index contributed by atoms with van der Waals surface area (Å²) in [7, 11) is 1.62. The fraction of sp³-hybridized carbons (Fsp3) is 0.304. The van der Waals surface area contributed by atoms with Crippen molar-refractivity contribution in [1.29, 1.82) is 0 Å². The highest BCUT2D eigenvalue weighted by molar-refractivity contribution is 5.73. The molecule has 4 heterocycles. The summed E-state index contributed by atoms with van der Waals surface area (Å²) in [5.74, 6) is 1.30. The van der Waals surface area contributed by atoms with Crippen molar-refractivity contribution in [3.8, 4) is 16.9 Å². The predicted molar refractivity (Wildman–Crippen MR) is 116 cm³/mol. The van der Waals surface area contributed by atoms with Crippen molar-refractivity contribution < 1.29 is 9.47 Å². The van der Waals surface area contributed by atoms with Crippen LogP contribution in [0.5, 0.6) is 5.75 Å². The number of nitrogens with one attached hydrogen (secondary N) is 1. The van der Waals surface area contributed by atoms with Crippen molar-refractivity contribution in [1.82, 2.24) is 24.7 Å². The summed E-state index contributed by atoms with van der Waals surface area (Å²) in [6.07, 6.45) is 7.31. The van der Waals surface area contributed by atoms with E-state index in [2.05, 4.69) is 15.1 Å². The first-order valence-corrected chi connectivity index (χ1v) is 10.3. The van der Waals surface area contributed by atoms with Gasteiger partial charge < -0.3 is 14.5 Å². The van der Waals surface area contributed by atoms with Crippen LogP contribution in [0.4, 0.5) is 0 Å². The molecule has 5 rings (SSSR count). The lowest BCUT2D eigenvalue weighted by Crippen LogP contribution is -2.21. The van der Waals surface area contributed by atoms with E-state index in [1.54, 1.807) is 25.7 Å². The largest absolute Gasteiger partial charge is 0.495 e. The van der Waals surface area contributed by atoms with Crippen molar-refractivity contribution in [3.05, 3.63) is 70.7 Å². The standard InChI is InChI=1S/C23H23N5O3/c1-30-18-10-16(12-24-13-18)19-5-3-2-4-15(19)11-21-26-22-20(23(29)27-21)14-25-28(22)17-6-8-31-9-7-17/h2-5,10,12-14,17H,6-9,11H2,1H3,(H,26,27,29). The lowest BCUT2D eigenvalue weighted by Gasteiger charge is -2.22. The third-order valence-corrected chi connectivity index (χ3v) is 5.68. The summed E-state index contributed by atoms with van der Waals surface area (Å²) >= 11 is 0. The molecular formula is C23H23N5O3. The summed E-state index contributed by atoms with van der Waals surface area (Å²) in [4.78, 5) is 24.7. The number of benzene rings is 1. The molecule has 0 spiro atoms. The molecule has 0 atom stereocenters. The lowest BCUT2D eigenvalue weighted by atomic mass is 9.98. The van der Waals surface area contributed by atoms with E-state index >= 15 is 0 Å². The topological polar surface area (TPSA) is 94.9 Å². The Morgan fingerprint density at radius 3 is 2.87 bits per heavy atom. The number of rotatable bonds is 5. The maximum absolute atomic E-state index is 12.7. The molecule has 8 heteroatoms. The molecule has 0 bridgehead atoms. The highest BCUT2D eigenvalue weighted by Gasteiger charge is 2.21. The van der Waals surface area contributed by atoms with Crippen LogP contribution < -0.4 is 10.3 Å². The summed E-state index contributed by atoms with van der Waals surface area (Å²) in [6.45, 7) is 1.40. The molecule has 0 amide bonds. The van der Waals surface area contributed by atoms with Gasteiger partial charge in [0.25, 0.3) is 5.56 Å². The van der Waals surface area contributed by atoms with Crippen molar-refractivity contribution >= 4 is 11.0 Å². The van der Waals surface area contributed by atoms with Crippen molar-refractivity contribution in [2.45, 2.75) is 25.3 Å². The molecule has 0 saturated carbocycles. The van der Waals surface area contributed by atoms with Crippen LogP contribution in [-0.4, -0.2) is 45.1 Å². The Morgan fingerprint density at radius 2 is 2.03 bits per heavy atom. The van der Waals surface area contributed by atoms with Crippen LogP contribution in [0.1, 0.15) is 30.3 Å². The number of hydrogen-bond acceptors (Lipinski definition) is 6. The lowest BCUT2D eigenvalue weighted by molar-refractivity contribution is 0.0673. The van der Waals surface area contributed by atoms with Gasteiger partial charge in [0.05, 0.1) is 25.5 Å². The van der Waals surface area contributed by atoms with Crippen molar-refractivity contribution in [2.75, 3.05) is 20.3 Å². The third kappa shape index (κ3) is 3.82. The summed E-state index contributed by atoms with van der Waals surface area (Å²) in [5.41, 5.74) is 3.47. The first-order valence-electron chi connectivity index (χ1n) is 10.3. The van der Waals surface area contributed by atoms with E-state index < -0.39 is 0 Å². The van der Waals surface area contributed by atoms with Gasteiger partial charge in [0.15, 0.2) is 5.65 Å². The average molecular weight is 417 g/mol. The second-order valence-electron chi connectivity index (χ2n) is 7.63. The second-order valence-corrected chi connectivity index (χ2v) is 7.63. The van der Waals surface area contributed by atoms with Gasteiger partial charge in [-0.15, -0.1) is 0 Å². The molecule has 0 radical (unpaired) electrons. The zero-order valence-corrected chi connectivity index (χ0v) is 17.2. The first kappa shape index (κ1) is 19.4. The molecule has 1 aliphatic heterocycles. The molecule has 1 aromatic carbocycles. The van der Waals surface area contributed by atoms with Crippen LogP contribution in [0.15, 0.2) is 53.7 Å². The zero-order valence-electron chi connectivity index (χ0n) is 17.2. The Kier molecular flexibility index (Phi) is 5.21. The smallest absolute Gasteiger partial charge is 0.262 e. The molecular weight excluding hydrogens is 394 g/mol. The number of pyridine rings is 1. The molecule has 1 N–H and O–H groups in total. The van der Waals surface area contributed by atoms with Crippen molar-refractivity contribution in [3.63, 3.8) is 0 Å². The van der Waals surface area contributed by atoms with Gasteiger partial charge in [0.2, 0.25) is 0 Å². The van der Waals surface area contributed by atoms with Gasteiger partial charge in [-0.1, -0.05) is 24.3 Å². The van der Waals surface area contributed by atoms with Gasteiger partial charge in [0, 0.05) is 31.4 Å². The fourth-order valence-corrected chi connectivity index (χ4v) is 4.08. The molecule has 1 fully saturated rings. The Labute approximate surface area is 178 Å². The molecule has 1 aliphatic rings. The van der Waals surface area contributed by atoms with Gasteiger partial charge >= 0.3 is 0 Å². The quantitative estimate of drug-likeness (QED) is 0.536. The van der Waals surface area contributed by atoms with Gasteiger partial charge in [-0.3, -0.25) is 9.78 Å². The zero-order chi connectivity index (χ0) is 21.2. The molecule has 4 aromatic rings. The van der Waals surface area contributed by atoms with Gasteiger partial charge in [-0.2, -0.15) is 5.10 Å². The molecule has 0 unspecified atom stereocenters. The number of nitrogens with zero attached hydrogens (tertiary/aromatic N) is 4. The summed E-state index contributed by atoms with van der Waals surface area (Å²) in [5, 5.41) is 4.98. The SMILES string of the molecule is COc1cncc(-c2ccccc2Cc2nc3c(cnn3C3CCOCC3)c(=O)[nH]2)c1. The predicted octanol–water partition coefficient (Wildman–Crippen LogP) is 3.13. The number of ether oxygens (including phenoxy) is 2. The highest BCUT2D eigenvalue weighted by atomic mass is 16.5. The normalized spacial score (nSPS) is 14.7. The number of H-pyrrole nitrogens is 1. The Balaban J connectivity index is 1.53. The van der Waals surface area contributed by atoms with Crippen LogP contribution in [0, 0.1) is 0 Å². The first-order chi connectivity index (χ1) is 15.2. The maximum atomic E-state index is 12.7. The van der Waals surface area contributed by atoms with Crippen LogP contribution in [0.3, 0.4) is 0 Å². The number of hydrogen-bond donors (Lipinski definition) is 1. The Hall–Kier alpha value is -3.52. The average Bonchev–Trinajstić information content (AvgIpc) is 3.25. The van der Waals surface area contributed by atoms with E-state index in [1.165, 1.54) is 0 Å². The van der Waals surface area contributed by atoms with E-state index in [-0.39, 0.29) is 11.6 Å². The fourth-order valence-electron chi connectivity index (χ4n) is 4.08. The number of aromatic amines is 1. The monoisotopic (exact) mass is 417 g/mol. The Bertz CT molecular complexity index is 1270. The van der Waals surface area contributed by atoms with E-state index in [1.807, 2.05) is 35.0 Å². The minimum atomic E-state index is -0.168. The van der Waals surface area contributed by atoms with E-state index in [9.17, 15) is 4.79 Å². The van der Waals surface area contributed by atoms with E-state index in [4.69, 9.17) is 14.5 Å². The van der Waals surface area contributed by atoms with Crippen molar-refractivity contribution in [2.24, 2.45) is 0 Å². The minimum Gasteiger partial charge on any atom is -0.495 e. The Morgan fingerprint density at radius 1 is 1.19 bits per heavy atom. The molecule has 0 aliphatic carbocycles. The highest BCUT2D eigenvalue weighted by Crippen LogP contribution is 2.28. The molecule has 3 aromatic heterocycles. The third-order valence-electron chi connectivity index (χ3n) is 5.68. The van der Waals surface area contributed by atoms with Crippen LogP contribution in [0.25, 0.3) is 22.2 Å². The van der Waals surface area contributed by atoms with E-state index in [0.717, 1.165) is 29.5 Å². The summed E-state index contributed by atoms with van der Waals surface area (Å²) in [6, 6.07) is 10.2. The van der Waals surface area contributed by atoms with Crippen LogP contribution >= 0.6 is 0 Å². The molecule has 8 nitrogen and oxygen atoms in total. The minimum absolute atomic E-state index is 0.168. The van der Waals surface area contributed by atoms with Crippen LogP contribution in [0.2, 0.25) is 0 Å². The van der Waals surface area contributed by atoms with Gasteiger partial charge in [-0.25, -0.2) is 9.67 Å². The summed E-state index contributed by atoms with van der Waals surface area (Å²) < 4.78 is 12.7. The van der Waals surface area contributed by atoms with Gasteiger partial charge in [0.1, 0.15) is 17.0 Å². The number of fused-ring (bicyclic) bond motifs is 1. The molecule has 158 valence electrons. The van der Waals surface area contributed by atoms with Gasteiger partial charge in [-0.05, 0) is 30.0 Å². The molecule has 1 saturated heterocycles. The van der Waals surface area contributed by atoms with Crippen LogP contribution in [-0.2, 0) is 11.2 Å². The second kappa shape index (κ2) is 8.31. The number of aromatic nitrogens is 5. The van der Waals surface area contributed by atoms with E-state index in [0.29, 0.717) is 42.2 Å². The molecule has 31 heavy (non-hydrogen) atoms. The maximum Gasteiger partial charge on any atom is 0.262 e. The number of methoxy groups -OCH3 is 1.